The molecule has 104 valence electrons. The van der Waals surface area contributed by atoms with Crippen molar-refractivity contribution in [2.75, 3.05) is 0 Å². The second-order valence-electron chi connectivity index (χ2n) is 5.60. The standard InChI is InChI=1S/C17H21N3/c1-4-5-10-16-19-15-11-18-14-9-7-6-8-13(14)17(15)20(16)12(2)3/h6-9,11-12H,4-5,10H2,1-3H3. The second kappa shape index (κ2) is 5.23. The topological polar surface area (TPSA) is 30.7 Å². The number of benzene rings is 1. The highest BCUT2D eigenvalue weighted by Crippen LogP contribution is 2.28. The number of hydrogen-bond donors (Lipinski definition) is 0. The first-order valence-electron chi connectivity index (χ1n) is 7.47. The van der Waals surface area contributed by atoms with E-state index in [0.29, 0.717) is 6.04 Å². The highest BCUT2D eigenvalue weighted by atomic mass is 15.1. The lowest BCUT2D eigenvalue weighted by atomic mass is 10.2. The third kappa shape index (κ3) is 2.07. The quantitative estimate of drug-likeness (QED) is 0.696. The van der Waals surface area contributed by atoms with E-state index in [0.717, 1.165) is 17.5 Å². The Morgan fingerprint density at radius 2 is 1.95 bits per heavy atom. The summed E-state index contributed by atoms with van der Waals surface area (Å²) in [5.41, 5.74) is 3.30. The number of rotatable bonds is 4. The second-order valence-corrected chi connectivity index (χ2v) is 5.60. The molecule has 2 heterocycles. The normalized spacial score (nSPS) is 11.8. The highest BCUT2D eigenvalue weighted by molar-refractivity contribution is 6.02. The number of para-hydroxylation sites is 1. The Balaban J connectivity index is 2.32. The molecular weight excluding hydrogens is 246 g/mol. The van der Waals surface area contributed by atoms with Crippen LogP contribution in [0.4, 0.5) is 0 Å². The molecule has 3 aromatic rings. The van der Waals surface area contributed by atoms with E-state index in [1.165, 1.54) is 29.6 Å². The van der Waals surface area contributed by atoms with Gasteiger partial charge < -0.3 is 4.57 Å². The van der Waals surface area contributed by atoms with Gasteiger partial charge in [-0.25, -0.2) is 4.98 Å². The molecule has 0 bridgehead atoms. The van der Waals surface area contributed by atoms with Crippen LogP contribution < -0.4 is 0 Å². The van der Waals surface area contributed by atoms with Crippen molar-refractivity contribution in [2.45, 2.75) is 46.1 Å². The van der Waals surface area contributed by atoms with E-state index < -0.39 is 0 Å². The fourth-order valence-electron chi connectivity index (χ4n) is 2.84. The Bertz CT molecular complexity index is 740. The Morgan fingerprint density at radius 1 is 1.15 bits per heavy atom. The molecule has 3 rings (SSSR count). The first-order valence-corrected chi connectivity index (χ1v) is 7.47. The predicted molar refractivity (Wildman–Crippen MR) is 84.0 cm³/mol. The van der Waals surface area contributed by atoms with Gasteiger partial charge in [-0.15, -0.1) is 0 Å². The minimum absolute atomic E-state index is 0.415. The monoisotopic (exact) mass is 267 g/mol. The molecule has 0 saturated heterocycles. The molecule has 3 nitrogen and oxygen atoms in total. The largest absolute Gasteiger partial charge is 0.325 e. The molecule has 0 aliphatic carbocycles. The number of aromatic nitrogens is 3. The predicted octanol–water partition coefficient (Wildman–Crippen LogP) is 4.51. The Hall–Kier alpha value is -1.90. The molecule has 0 amide bonds. The van der Waals surface area contributed by atoms with Crippen molar-refractivity contribution >= 4 is 21.9 Å². The van der Waals surface area contributed by atoms with Crippen LogP contribution in [0.1, 0.15) is 45.5 Å². The summed E-state index contributed by atoms with van der Waals surface area (Å²) in [5.74, 6) is 1.19. The molecular formula is C17H21N3. The molecule has 0 N–H and O–H groups in total. The van der Waals surface area contributed by atoms with Gasteiger partial charge in [0.25, 0.3) is 0 Å². The molecule has 0 radical (unpaired) electrons. The summed E-state index contributed by atoms with van der Waals surface area (Å²) in [5, 5.41) is 1.20. The molecule has 1 aromatic carbocycles. The van der Waals surface area contributed by atoms with E-state index in [-0.39, 0.29) is 0 Å². The summed E-state index contributed by atoms with van der Waals surface area (Å²) in [6.45, 7) is 6.68. The Kier molecular flexibility index (Phi) is 3.43. The fourth-order valence-corrected chi connectivity index (χ4v) is 2.84. The summed E-state index contributed by atoms with van der Waals surface area (Å²) in [4.78, 5) is 9.35. The minimum atomic E-state index is 0.415. The van der Waals surface area contributed by atoms with Crippen molar-refractivity contribution in [1.29, 1.82) is 0 Å². The molecule has 0 unspecified atom stereocenters. The zero-order valence-electron chi connectivity index (χ0n) is 12.4. The van der Waals surface area contributed by atoms with E-state index in [4.69, 9.17) is 4.98 Å². The Morgan fingerprint density at radius 3 is 2.70 bits per heavy atom. The van der Waals surface area contributed by atoms with E-state index >= 15 is 0 Å². The maximum Gasteiger partial charge on any atom is 0.110 e. The van der Waals surface area contributed by atoms with Crippen LogP contribution in [0, 0.1) is 0 Å². The third-order valence-electron chi connectivity index (χ3n) is 3.77. The zero-order chi connectivity index (χ0) is 14.1. The first-order chi connectivity index (χ1) is 9.72. The molecule has 0 aliphatic rings. The molecule has 0 aliphatic heterocycles. The summed E-state index contributed by atoms with van der Waals surface area (Å²) in [6.07, 6.45) is 5.32. The molecule has 0 fully saturated rings. The van der Waals surface area contributed by atoms with Crippen LogP contribution in [-0.4, -0.2) is 14.5 Å². The summed E-state index contributed by atoms with van der Waals surface area (Å²) >= 11 is 0. The minimum Gasteiger partial charge on any atom is -0.325 e. The van der Waals surface area contributed by atoms with Crippen LogP contribution in [0.2, 0.25) is 0 Å². The number of imidazole rings is 1. The number of aryl methyl sites for hydroxylation is 1. The van der Waals surface area contributed by atoms with Gasteiger partial charge in [-0.1, -0.05) is 31.5 Å². The van der Waals surface area contributed by atoms with Gasteiger partial charge in [-0.2, -0.15) is 0 Å². The molecule has 0 spiro atoms. The highest BCUT2D eigenvalue weighted by Gasteiger charge is 2.15. The fraction of sp³-hybridized carbons (Fsp3) is 0.412. The number of unbranched alkanes of at least 4 members (excludes halogenated alkanes) is 1. The zero-order valence-corrected chi connectivity index (χ0v) is 12.4. The first kappa shape index (κ1) is 13.1. The number of nitrogens with zero attached hydrogens (tertiary/aromatic N) is 3. The van der Waals surface area contributed by atoms with Crippen molar-refractivity contribution < 1.29 is 0 Å². The van der Waals surface area contributed by atoms with E-state index in [1.807, 2.05) is 12.3 Å². The SMILES string of the molecule is CCCCc1nc2cnc3ccccc3c2n1C(C)C. The van der Waals surface area contributed by atoms with Crippen LogP contribution >= 0.6 is 0 Å². The van der Waals surface area contributed by atoms with E-state index in [1.54, 1.807) is 0 Å². The maximum atomic E-state index is 4.82. The number of hydrogen-bond acceptors (Lipinski definition) is 2. The van der Waals surface area contributed by atoms with Gasteiger partial charge in [0.1, 0.15) is 11.3 Å². The van der Waals surface area contributed by atoms with Crippen LogP contribution in [0.15, 0.2) is 30.5 Å². The van der Waals surface area contributed by atoms with Gasteiger partial charge in [0, 0.05) is 17.8 Å². The van der Waals surface area contributed by atoms with Crippen LogP contribution in [0.25, 0.3) is 21.9 Å². The van der Waals surface area contributed by atoms with Gasteiger partial charge in [-0.3, -0.25) is 4.98 Å². The average Bonchev–Trinajstić information content (AvgIpc) is 2.84. The summed E-state index contributed by atoms with van der Waals surface area (Å²) in [6, 6.07) is 8.74. The maximum absolute atomic E-state index is 4.82. The van der Waals surface area contributed by atoms with Crippen LogP contribution in [0.3, 0.4) is 0 Å². The van der Waals surface area contributed by atoms with Gasteiger partial charge in [0.05, 0.1) is 17.2 Å². The lowest BCUT2D eigenvalue weighted by Gasteiger charge is -2.14. The lowest BCUT2D eigenvalue weighted by molar-refractivity contribution is 0.575. The average molecular weight is 267 g/mol. The van der Waals surface area contributed by atoms with Gasteiger partial charge in [0.15, 0.2) is 0 Å². The van der Waals surface area contributed by atoms with Crippen molar-refractivity contribution in [3.63, 3.8) is 0 Å². The smallest absolute Gasteiger partial charge is 0.110 e. The van der Waals surface area contributed by atoms with Crippen molar-refractivity contribution in [2.24, 2.45) is 0 Å². The van der Waals surface area contributed by atoms with Gasteiger partial charge >= 0.3 is 0 Å². The number of fused-ring (bicyclic) bond motifs is 3. The Labute approximate surface area is 119 Å². The molecule has 0 saturated carbocycles. The van der Waals surface area contributed by atoms with Gasteiger partial charge in [-0.05, 0) is 26.3 Å². The van der Waals surface area contributed by atoms with Crippen LogP contribution in [0.5, 0.6) is 0 Å². The summed E-state index contributed by atoms with van der Waals surface area (Å²) < 4.78 is 2.38. The number of pyridine rings is 1. The van der Waals surface area contributed by atoms with Crippen LogP contribution in [-0.2, 0) is 6.42 Å². The molecule has 2 aromatic heterocycles. The lowest BCUT2D eigenvalue weighted by Crippen LogP contribution is -2.06. The molecule has 3 heteroatoms. The summed E-state index contributed by atoms with van der Waals surface area (Å²) in [7, 11) is 0. The van der Waals surface area contributed by atoms with Crippen molar-refractivity contribution in [3.8, 4) is 0 Å². The van der Waals surface area contributed by atoms with E-state index in [9.17, 15) is 0 Å². The third-order valence-corrected chi connectivity index (χ3v) is 3.77. The van der Waals surface area contributed by atoms with Crippen molar-refractivity contribution in [1.82, 2.24) is 14.5 Å². The molecule has 20 heavy (non-hydrogen) atoms. The van der Waals surface area contributed by atoms with E-state index in [2.05, 4.69) is 48.5 Å². The molecule has 0 atom stereocenters. The van der Waals surface area contributed by atoms with Gasteiger partial charge in [0.2, 0.25) is 0 Å². The van der Waals surface area contributed by atoms with Crippen molar-refractivity contribution in [3.05, 3.63) is 36.3 Å².